The first-order chi connectivity index (χ1) is 11.5. The summed E-state index contributed by atoms with van der Waals surface area (Å²) in [6.45, 7) is 1.31. The molecular formula is C17H19ClN2O4. The van der Waals surface area contributed by atoms with Crippen molar-refractivity contribution in [3.8, 4) is 0 Å². The molecule has 0 spiro atoms. The van der Waals surface area contributed by atoms with Crippen molar-refractivity contribution in [3.05, 3.63) is 29.3 Å². The van der Waals surface area contributed by atoms with Gasteiger partial charge in [-0.25, -0.2) is 0 Å². The lowest BCUT2D eigenvalue weighted by molar-refractivity contribution is -0.148. The zero-order valence-electron chi connectivity index (χ0n) is 13.2. The van der Waals surface area contributed by atoms with Gasteiger partial charge in [0.2, 0.25) is 11.8 Å². The summed E-state index contributed by atoms with van der Waals surface area (Å²) in [4.78, 5) is 39.5. The van der Waals surface area contributed by atoms with E-state index in [-0.39, 0.29) is 17.7 Å². The Hall–Kier alpha value is -2.08. The Bertz CT molecular complexity index is 653. The Balaban J connectivity index is 1.64. The molecule has 2 heterocycles. The molecule has 0 aromatic heterocycles. The van der Waals surface area contributed by atoms with Crippen LogP contribution in [0.5, 0.6) is 0 Å². The van der Waals surface area contributed by atoms with Gasteiger partial charge in [0, 0.05) is 30.3 Å². The normalized spacial score (nSPS) is 22.0. The molecule has 1 N–H and O–H groups in total. The Kier molecular flexibility index (Phi) is 4.76. The van der Waals surface area contributed by atoms with Crippen LogP contribution in [-0.4, -0.2) is 47.4 Å². The van der Waals surface area contributed by atoms with Crippen molar-refractivity contribution in [2.24, 2.45) is 11.8 Å². The molecule has 0 bridgehead atoms. The molecular weight excluding hydrogens is 332 g/mol. The number of carboxylic acid groups (broad SMARTS) is 1. The summed E-state index contributed by atoms with van der Waals surface area (Å²) >= 11 is 5.86. The van der Waals surface area contributed by atoms with Crippen molar-refractivity contribution in [2.75, 3.05) is 24.5 Å². The van der Waals surface area contributed by atoms with Gasteiger partial charge < -0.3 is 14.9 Å². The molecule has 1 aromatic rings. The SMILES string of the molecule is O=C(O)C1CCN(C(=O)[C@H]2CCN(c3ccc(Cl)cc3)C2=O)CC1. The number of piperidine rings is 1. The number of benzene rings is 1. The van der Waals surface area contributed by atoms with E-state index in [1.165, 1.54) is 0 Å². The van der Waals surface area contributed by atoms with Crippen LogP contribution >= 0.6 is 11.6 Å². The fourth-order valence-corrected chi connectivity index (χ4v) is 3.48. The average molecular weight is 351 g/mol. The van der Waals surface area contributed by atoms with Crippen LogP contribution < -0.4 is 4.90 Å². The number of carbonyl (C=O) groups is 3. The zero-order chi connectivity index (χ0) is 17.3. The molecule has 0 radical (unpaired) electrons. The van der Waals surface area contributed by atoms with Crippen molar-refractivity contribution >= 4 is 35.1 Å². The van der Waals surface area contributed by atoms with Gasteiger partial charge in [0.1, 0.15) is 5.92 Å². The molecule has 0 unspecified atom stereocenters. The fourth-order valence-electron chi connectivity index (χ4n) is 3.35. The highest BCUT2D eigenvalue weighted by Crippen LogP contribution is 2.29. The first-order valence-corrected chi connectivity index (χ1v) is 8.43. The molecule has 7 heteroatoms. The number of halogens is 1. The third-order valence-corrected chi connectivity index (χ3v) is 5.05. The number of carbonyl (C=O) groups excluding carboxylic acids is 2. The first kappa shape index (κ1) is 16.8. The van der Waals surface area contributed by atoms with Crippen molar-refractivity contribution in [2.45, 2.75) is 19.3 Å². The molecule has 6 nitrogen and oxygen atoms in total. The van der Waals surface area contributed by atoms with Gasteiger partial charge in [-0.15, -0.1) is 0 Å². The van der Waals surface area contributed by atoms with Crippen molar-refractivity contribution in [1.29, 1.82) is 0 Å². The highest BCUT2D eigenvalue weighted by atomic mass is 35.5. The van der Waals surface area contributed by atoms with E-state index in [0.29, 0.717) is 43.9 Å². The van der Waals surface area contributed by atoms with Crippen LogP contribution in [0.3, 0.4) is 0 Å². The number of likely N-dealkylation sites (tertiary alicyclic amines) is 1. The van der Waals surface area contributed by atoms with Gasteiger partial charge in [0.05, 0.1) is 5.92 Å². The number of carboxylic acids is 1. The molecule has 1 atom stereocenters. The molecule has 2 fully saturated rings. The highest BCUT2D eigenvalue weighted by Gasteiger charge is 2.40. The minimum Gasteiger partial charge on any atom is -0.481 e. The molecule has 128 valence electrons. The molecule has 2 amide bonds. The lowest BCUT2D eigenvalue weighted by Crippen LogP contribution is -2.45. The third kappa shape index (κ3) is 3.24. The maximum Gasteiger partial charge on any atom is 0.306 e. The standard InChI is InChI=1S/C17H19ClN2O4/c18-12-1-3-13(4-2-12)20-10-7-14(16(20)22)15(21)19-8-5-11(6-9-19)17(23)24/h1-4,11,14H,5-10H2,(H,23,24)/t14-/m1/s1. The number of rotatable bonds is 3. The Morgan fingerprint density at radius 1 is 1.04 bits per heavy atom. The van der Waals surface area contributed by atoms with Crippen molar-refractivity contribution < 1.29 is 19.5 Å². The van der Waals surface area contributed by atoms with Crippen LogP contribution in [0.1, 0.15) is 19.3 Å². The average Bonchev–Trinajstić information content (AvgIpc) is 2.96. The fraction of sp³-hybridized carbons (Fsp3) is 0.471. The number of amides is 2. The summed E-state index contributed by atoms with van der Waals surface area (Å²) in [6.07, 6.45) is 1.38. The van der Waals surface area contributed by atoms with Crippen LogP contribution in [0.25, 0.3) is 0 Å². The second kappa shape index (κ2) is 6.81. The predicted octanol–water partition coefficient (Wildman–Crippen LogP) is 2.02. The molecule has 1 aromatic carbocycles. The van der Waals surface area contributed by atoms with Gasteiger partial charge in [-0.1, -0.05) is 11.6 Å². The van der Waals surface area contributed by atoms with Gasteiger partial charge >= 0.3 is 5.97 Å². The summed E-state index contributed by atoms with van der Waals surface area (Å²) in [6, 6.07) is 6.98. The Morgan fingerprint density at radius 2 is 1.67 bits per heavy atom. The van der Waals surface area contributed by atoms with Gasteiger partial charge in [-0.2, -0.15) is 0 Å². The molecule has 0 saturated carbocycles. The number of hydrogen-bond donors (Lipinski definition) is 1. The third-order valence-electron chi connectivity index (χ3n) is 4.80. The van der Waals surface area contributed by atoms with E-state index in [9.17, 15) is 14.4 Å². The number of aliphatic carboxylic acids is 1. The van der Waals surface area contributed by atoms with Crippen LogP contribution in [0.4, 0.5) is 5.69 Å². The maximum absolute atomic E-state index is 12.6. The van der Waals surface area contributed by atoms with Gasteiger partial charge in [0.15, 0.2) is 0 Å². The van der Waals surface area contributed by atoms with Crippen LogP contribution in [-0.2, 0) is 14.4 Å². The summed E-state index contributed by atoms with van der Waals surface area (Å²) < 4.78 is 0. The summed E-state index contributed by atoms with van der Waals surface area (Å²) in [5.74, 6) is -2.24. The minimum atomic E-state index is -0.812. The van der Waals surface area contributed by atoms with Gasteiger partial charge in [-0.05, 0) is 43.5 Å². The number of hydrogen-bond acceptors (Lipinski definition) is 3. The van der Waals surface area contributed by atoms with E-state index in [4.69, 9.17) is 16.7 Å². The van der Waals surface area contributed by atoms with Crippen molar-refractivity contribution in [1.82, 2.24) is 4.90 Å². The Labute approximate surface area is 145 Å². The molecule has 2 saturated heterocycles. The first-order valence-electron chi connectivity index (χ1n) is 8.06. The second-order valence-corrected chi connectivity index (χ2v) is 6.68. The summed E-state index contributed by atoms with van der Waals surface area (Å²) in [5, 5.41) is 9.62. The minimum absolute atomic E-state index is 0.180. The van der Waals surface area contributed by atoms with E-state index in [1.54, 1.807) is 34.1 Å². The molecule has 3 rings (SSSR count). The monoisotopic (exact) mass is 350 g/mol. The lowest BCUT2D eigenvalue weighted by atomic mass is 9.95. The smallest absolute Gasteiger partial charge is 0.306 e. The van der Waals surface area contributed by atoms with E-state index in [0.717, 1.165) is 5.69 Å². The van der Waals surface area contributed by atoms with Gasteiger partial charge in [-0.3, -0.25) is 14.4 Å². The van der Waals surface area contributed by atoms with Crippen LogP contribution in [0.2, 0.25) is 5.02 Å². The number of anilines is 1. The van der Waals surface area contributed by atoms with Gasteiger partial charge in [0.25, 0.3) is 0 Å². The quantitative estimate of drug-likeness (QED) is 0.846. The molecule has 2 aliphatic rings. The topological polar surface area (TPSA) is 77.9 Å². The highest BCUT2D eigenvalue weighted by molar-refractivity contribution is 6.30. The molecule has 0 aliphatic carbocycles. The second-order valence-electron chi connectivity index (χ2n) is 6.25. The summed E-state index contributed by atoms with van der Waals surface area (Å²) in [5.41, 5.74) is 0.740. The maximum atomic E-state index is 12.6. The van der Waals surface area contributed by atoms with Crippen LogP contribution in [0, 0.1) is 11.8 Å². The van der Waals surface area contributed by atoms with E-state index < -0.39 is 11.9 Å². The van der Waals surface area contributed by atoms with Crippen molar-refractivity contribution in [3.63, 3.8) is 0 Å². The lowest BCUT2D eigenvalue weighted by Gasteiger charge is -2.31. The number of nitrogens with zero attached hydrogens (tertiary/aromatic N) is 2. The summed E-state index contributed by atoms with van der Waals surface area (Å²) in [7, 11) is 0. The largest absolute Gasteiger partial charge is 0.481 e. The Morgan fingerprint density at radius 3 is 2.25 bits per heavy atom. The van der Waals surface area contributed by atoms with E-state index in [1.807, 2.05) is 0 Å². The van der Waals surface area contributed by atoms with Crippen LogP contribution in [0.15, 0.2) is 24.3 Å². The zero-order valence-corrected chi connectivity index (χ0v) is 13.9. The van der Waals surface area contributed by atoms with E-state index in [2.05, 4.69) is 0 Å². The molecule has 24 heavy (non-hydrogen) atoms. The van der Waals surface area contributed by atoms with E-state index >= 15 is 0 Å². The molecule has 2 aliphatic heterocycles. The predicted molar refractivity (Wildman–Crippen MR) is 88.9 cm³/mol.